The third-order valence-electron chi connectivity index (χ3n) is 1.32. The van der Waals surface area contributed by atoms with Gasteiger partial charge in [-0.3, -0.25) is 0 Å². The zero-order chi connectivity index (χ0) is 8.81. The summed E-state index contributed by atoms with van der Waals surface area (Å²) in [7, 11) is 0. The van der Waals surface area contributed by atoms with E-state index in [9.17, 15) is 9.90 Å². The molecule has 0 saturated carbocycles. The van der Waals surface area contributed by atoms with Gasteiger partial charge in [0.05, 0.1) is 6.61 Å². The maximum Gasteiger partial charge on any atom is 1.00 e. The van der Waals surface area contributed by atoms with Crippen LogP contribution in [-0.4, -0.2) is 12.6 Å². The molecule has 1 aromatic rings. The fourth-order valence-electron chi connectivity index (χ4n) is 0.769. The zero-order valence-electron chi connectivity index (χ0n) is 7.53. The van der Waals surface area contributed by atoms with Gasteiger partial charge in [-0.15, -0.1) is 0 Å². The monoisotopic (exact) mass is 188 g/mol. The second kappa shape index (κ2) is 6.95. The molecule has 0 N–H and O–H groups in total. The number of benzene rings is 1. The van der Waals surface area contributed by atoms with Crippen molar-refractivity contribution in [2.24, 2.45) is 0 Å². The molecule has 0 spiro atoms. The van der Waals surface area contributed by atoms with E-state index in [2.05, 4.69) is 0 Å². The number of carboxylic acids is 1. The van der Waals surface area contributed by atoms with Crippen molar-refractivity contribution in [1.29, 1.82) is 0 Å². The summed E-state index contributed by atoms with van der Waals surface area (Å²) in [5.41, 5.74) is 0. The zero-order valence-corrected chi connectivity index (χ0v) is 9.53. The van der Waals surface area contributed by atoms with Gasteiger partial charge in [0.1, 0.15) is 5.75 Å². The molecule has 1 aromatic carbocycles. The van der Waals surface area contributed by atoms with E-state index in [0.717, 1.165) is 0 Å². The topological polar surface area (TPSA) is 49.4 Å². The fraction of sp³-hybridized carbons (Fsp3) is 0.222. The number of aliphatic carboxylic acids is 1. The van der Waals surface area contributed by atoms with Crippen LogP contribution >= 0.6 is 0 Å². The molecule has 1 rings (SSSR count). The number of carbonyl (C=O) groups excluding carboxylic acids is 1. The number of rotatable bonds is 4. The van der Waals surface area contributed by atoms with Crippen molar-refractivity contribution in [3.63, 3.8) is 0 Å². The van der Waals surface area contributed by atoms with Crippen molar-refractivity contribution in [2.75, 3.05) is 6.61 Å². The van der Waals surface area contributed by atoms with Gasteiger partial charge in [-0.25, -0.2) is 0 Å². The molecule has 0 bridgehead atoms. The summed E-state index contributed by atoms with van der Waals surface area (Å²) in [6.45, 7) is 0.159. The average Bonchev–Trinajstić information content (AvgIpc) is 2.05. The SMILES string of the molecule is O=C([O-])CCOc1ccccc1.[Na+]. The first-order valence-electron chi connectivity index (χ1n) is 3.67. The van der Waals surface area contributed by atoms with Gasteiger partial charge in [-0.1, -0.05) is 18.2 Å². The molecule has 0 aliphatic rings. The van der Waals surface area contributed by atoms with E-state index in [-0.39, 0.29) is 42.6 Å². The van der Waals surface area contributed by atoms with Crippen molar-refractivity contribution in [2.45, 2.75) is 6.42 Å². The van der Waals surface area contributed by atoms with Crippen molar-refractivity contribution >= 4 is 5.97 Å². The molecular weight excluding hydrogens is 179 g/mol. The van der Waals surface area contributed by atoms with Gasteiger partial charge in [-0.05, 0) is 12.1 Å². The van der Waals surface area contributed by atoms with Gasteiger partial charge in [-0.2, -0.15) is 0 Å². The first kappa shape index (κ1) is 12.5. The van der Waals surface area contributed by atoms with Crippen LogP contribution in [0.15, 0.2) is 30.3 Å². The molecule has 0 saturated heterocycles. The number of carbonyl (C=O) groups is 1. The molecule has 0 heterocycles. The van der Waals surface area contributed by atoms with Crippen LogP contribution < -0.4 is 39.4 Å². The quantitative estimate of drug-likeness (QED) is 0.480. The summed E-state index contributed by atoms with van der Waals surface area (Å²) in [5.74, 6) is -0.412. The molecule has 0 aliphatic carbocycles. The first-order valence-corrected chi connectivity index (χ1v) is 3.67. The Morgan fingerprint density at radius 2 is 1.92 bits per heavy atom. The third kappa shape index (κ3) is 5.69. The molecule has 0 atom stereocenters. The van der Waals surface area contributed by atoms with Crippen molar-refractivity contribution in [3.05, 3.63) is 30.3 Å². The smallest absolute Gasteiger partial charge is 0.550 e. The standard InChI is InChI=1S/C9H10O3.Na/c10-9(11)6-7-12-8-4-2-1-3-5-8;/h1-5H,6-7H2,(H,10,11);/q;+1/p-1. The van der Waals surface area contributed by atoms with E-state index >= 15 is 0 Å². The van der Waals surface area contributed by atoms with Gasteiger partial charge < -0.3 is 14.6 Å². The molecule has 3 nitrogen and oxygen atoms in total. The minimum absolute atomic E-state index is 0. The average molecular weight is 188 g/mol. The third-order valence-corrected chi connectivity index (χ3v) is 1.32. The predicted molar refractivity (Wildman–Crippen MR) is 41.6 cm³/mol. The second-order valence-electron chi connectivity index (χ2n) is 2.28. The normalized spacial score (nSPS) is 8.62. The van der Waals surface area contributed by atoms with Gasteiger partial charge >= 0.3 is 29.6 Å². The van der Waals surface area contributed by atoms with E-state index in [0.29, 0.717) is 5.75 Å². The van der Waals surface area contributed by atoms with E-state index in [1.165, 1.54) is 0 Å². The first-order chi connectivity index (χ1) is 5.79. The Morgan fingerprint density at radius 3 is 2.46 bits per heavy atom. The molecule has 64 valence electrons. The van der Waals surface area contributed by atoms with Crippen LogP contribution in [0, 0.1) is 0 Å². The molecule has 4 heteroatoms. The Balaban J connectivity index is 0.00000144. The molecule has 0 unspecified atom stereocenters. The number of para-hydroxylation sites is 1. The van der Waals surface area contributed by atoms with E-state index in [4.69, 9.17) is 4.74 Å². The van der Waals surface area contributed by atoms with Gasteiger partial charge in [0.25, 0.3) is 0 Å². The van der Waals surface area contributed by atoms with Crippen LogP contribution in [-0.2, 0) is 4.79 Å². The van der Waals surface area contributed by atoms with Crippen LogP contribution in [0.1, 0.15) is 6.42 Å². The van der Waals surface area contributed by atoms with Crippen LogP contribution in [0.25, 0.3) is 0 Å². The Bertz CT molecular complexity index is 248. The van der Waals surface area contributed by atoms with Gasteiger partial charge in [0, 0.05) is 12.4 Å². The Labute approximate surface area is 99.0 Å². The summed E-state index contributed by atoms with van der Waals surface area (Å²) >= 11 is 0. The van der Waals surface area contributed by atoms with Gasteiger partial charge in [0.2, 0.25) is 0 Å². The predicted octanol–water partition coefficient (Wildman–Crippen LogP) is -2.79. The van der Waals surface area contributed by atoms with Crippen molar-refractivity contribution in [1.82, 2.24) is 0 Å². The number of hydrogen-bond acceptors (Lipinski definition) is 3. The second-order valence-corrected chi connectivity index (χ2v) is 2.28. The Morgan fingerprint density at radius 1 is 1.31 bits per heavy atom. The molecule has 0 aliphatic heterocycles. The van der Waals surface area contributed by atoms with Crippen LogP contribution in [0.5, 0.6) is 5.75 Å². The summed E-state index contributed by atoms with van der Waals surface area (Å²) in [5, 5.41) is 10.00. The maximum atomic E-state index is 10.00. The number of carboxylic acid groups (broad SMARTS) is 1. The number of hydrogen-bond donors (Lipinski definition) is 0. The van der Waals surface area contributed by atoms with E-state index < -0.39 is 5.97 Å². The van der Waals surface area contributed by atoms with E-state index in [1.54, 1.807) is 12.1 Å². The van der Waals surface area contributed by atoms with E-state index in [1.807, 2.05) is 18.2 Å². The van der Waals surface area contributed by atoms with Gasteiger partial charge in [0.15, 0.2) is 0 Å². The summed E-state index contributed by atoms with van der Waals surface area (Å²) in [6.07, 6.45) is -0.0745. The fourth-order valence-corrected chi connectivity index (χ4v) is 0.769. The molecule has 0 aromatic heterocycles. The van der Waals surface area contributed by atoms with Crippen molar-refractivity contribution < 1.29 is 44.2 Å². The summed E-state index contributed by atoms with van der Waals surface area (Å²) in [4.78, 5) is 10.00. The van der Waals surface area contributed by atoms with Crippen LogP contribution in [0.4, 0.5) is 0 Å². The summed E-state index contributed by atoms with van der Waals surface area (Å²) < 4.78 is 5.10. The molecule has 0 amide bonds. The maximum absolute atomic E-state index is 10.00. The molecule has 13 heavy (non-hydrogen) atoms. The van der Waals surface area contributed by atoms with Crippen LogP contribution in [0.2, 0.25) is 0 Å². The van der Waals surface area contributed by atoms with Crippen LogP contribution in [0.3, 0.4) is 0 Å². The van der Waals surface area contributed by atoms with Crippen molar-refractivity contribution in [3.8, 4) is 5.75 Å². The molecular formula is C9H9NaO3. The molecule has 0 radical (unpaired) electrons. The number of ether oxygens (including phenoxy) is 1. The minimum atomic E-state index is -1.09. The Hall–Kier alpha value is -0.510. The Kier molecular flexibility index (Phi) is 6.68. The minimum Gasteiger partial charge on any atom is -0.550 e. The molecule has 0 fully saturated rings. The largest absolute Gasteiger partial charge is 1.00 e. The summed E-state index contributed by atoms with van der Waals surface area (Å²) in [6, 6.07) is 9.07.